The highest BCUT2D eigenvalue weighted by atomic mass is 35.5. The van der Waals surface area contributed by atoms with Gasteiger partial charge in [0.1, 0.15) is 17.1 Å². The molecule has 0 aliphatic heterocycles. The first kappa shape index (κ1) is 36.2. The van der Waals surface area contributed by atoms with Crippen LogP contribution in [0.3, 0.4) is 0 Å². The van der Waals surface area contributed by atoms with Crippen LogP contribution in [0.4, 0.5) is 11.6 Å². The van der Waals surface area contributed by atoms with Gasteiger partial charge in [0, 0.05) is 30.9 Å². The Kier molecular flexibility index (Phi) is 11.3. The van der Waals surface area contributed by atoms with E-state index in [0.29, 0.717) is 44.3 Å². The first-order chi connectivity index (χ1) is 23.9. The number of esters is 1. The second kappa shape index (κ2) is 15.6. The van der Waals surface area contributed by atoms with Crippen molar-refractivity contribution in [1.29, 1.82) is 0 Å². The van der Waals surface area contributed by atoms with E-state index in [0.717, 1.165) is 5.56 Å². The molecule has 5 rings (SSSR count). The zero-order chi connectivity index (χ0) is 36.1. The fourth-order valence-corrected chi connectivity index (χ4v) is 5.91. The van der Waals surface area contributed by atoms with E-state index in [4.69, 9.17) is 42.5 Å². The number of hydrogen-bond donors (Lipinski definition) is 1. The van der Waals surface area contributed by atoms with Gasteiger partial charge in [-0.25, -0.2) is 14.5 Å². The fourth-order valence-electron chi connectivity index (χ4n) is 5.56. The Balaban J connectivity index is 1.74. The van der Waals surface area contributed by atoms with E-state index in [2.05, 4.69) is 15.3 Å². The molecule has 5 aromatic rings. The predicted octanol–water partition coefficient (Wildman–Crippen LogP) is 6.76. The number of nitrogens with one attached hydrogen (secondary N) is 1. The van der Waals surface area contributed by atoms with Gasteiger partial charge in [0.15, 0.2) is 5.69 Å². The highest BCUT2D eigenvalue weighted by molar-refractivity contribution is 6.31. The van der Waals surface area contributed by atoms with Crippen LogP contribution in [0.1, 0.15) is 65.6 Å². The van der Waals surface area contributed by atoms with Gasteiger partial charge in [-0.3, -0.25) is 4.79 Å². The number of methoxy groups -OCH3 is 2. The zero-order valence-corrected chi connectivity index (χ0v) is 30.4. The van der Waals surface area contributed by atoms with Crippen molar-refractivity contribution in [3.05, 3.63) is 115 Å². The van der Waals surface area contributed by atoms with Crippen molar-refractivity contribution in [2.45, 2.75) is 39.3 Å². The monoisotopic (exact) mass is 719 g/mol. The van der Waals surface area contributed by atoms with Crippen molar-refractivity contribution >= 4 is 40.8 Å². The van der Waals surface area contributed by atoms with E-state index in [9.17, 15) is 9.59 Å². The Hall–Kier alpha value is -5.07. The Labute approximate surface area is 300 Å². The van der Waals surface area contributed by atoms with Gasteiger partial charge in [-0.15, -0.1) is 0 Å². The second-order valence-corrected chi connectivity index (χ2v) is 12.7. The molecular formula is C36H39Cl2N7O5. The van der Waals surface area contributed by atoms with Gasteiger partial charge in [0.2, 0.25) is 11.8 Å². The van der Waals surface area contributed by atoms with Crippen LogP contribution in [0.5, 0.6) is 11.6 Å². The number of benzene rings is 2. The molecule has 3 heterocycles. The summed E-state index contributed by atoms with van der Waals surface area (Å²) in [6, 6.07) is 15.3. The van der Waals surface area contributed by atoms with Crippen LogP contribution in [0, 0.1) is 0 Å². The second-order valence-electron chi connectivity index (χ2n) is 11.9. The van der Waals surface area contributed by atoms with Gasteiger partial charge >= 0.3 is 5.97 Å². The Morgan fingerprint density at radius 2 is 1.70 bits per heavy atom. The normalized spacial score (nSPS) is 11.7. The molecule has 14 heteroatoms. The van der Waals surface area contributed by atoms with Crippen LogP contribution in [-0.4, -0.2) is 65.2 Å². The third-order valence-electron chi connectivity index (χ3n) is 7.88. The van der Waals surface area contributed by atoms with Gasteiger partial charge in [-0.2, -0.15) is 10.1 Å². The lowest BCUT2D eigenvalue weighted by atomic mass is 9.92. The van der Waals surface area contributed by atoms with Gasteiger partial charge in [-0.05, 0) is 54.3 Å². The van der Waals surface area contributed by atoms with Gasteiger partial charge in [-0.1, -0.05) is 61.3 Å². The van der Waals surface area contributed by atoms with Gasteiger partial charge in [0.05, 0.1) is 50.3 Å². The molecule has 2 aromatic carbocycles. The lowest BCUT2D eigenvalue weighted by Gasteiger charge is -2.24. The van der Waals surface area contributed by atoms with Crippen LogP contribution in [0.15, 0.2) is 71.8 Å². The summed E-state index contributed by atoms with van der Waals surface area (Å²) in [5, 5.41) is 9.10. The van der Waals surface area contributed by atoms with Crippen molar-refractivity contribution in [3.63, 3.8) is 0 Å². The highest BCUT2D eigenvalue weighted by Gasteiger charge is 2.34. The molecule has 1 unspecified atom stereocenters. The summed E-state index contributed by atoms with van der Waals surface area (Å²) < 4.78 is 19.6. The van der Waals surface area contributed by atoms with Crippen molar-refractivity contribution in [3.8, 4) is 17.3 Å². The number of carbonyl (C=O) groups excluding carboxylic acids is 1. The molecule has 0 radical (unpaired) electrons. The molecule has 0 fully saturated rings. The molecule has 1 atom stereocenters. The number of pyridine rings is 1. The number of anilines is 2. The van der Waals surface area contributed by atoms with E-state index in [1.165, 1.54) is 11.7 Å². The van der Waals surface area contributed by atoms with Crippen molar-refractivity contribution < 1.29 is 19.0 Å². The first-order valence-electron chi connectivity index (χ1n) is 15.9. The summed E-state index contributed by atoms with van der Waals surface area (Å²) in [5.74, 6) is 0.542. The summed E-state index contributed by atoms with van der Waals surface area (Å²) in [4.78, 5) is 38.6. The summed E-state index contributed by atoms with van der Waals surface area (Å²) in [7, 11) is 6.74. The van der Waals surface area contributed by atoms with Crippen molar-refractivity contribution in [2.24, 2.45) is 0 Å². The maximum absolute atomic E-state index is 14.1. The first-order valence-corrected chi connectivity index (χ1v) is 16.6. The Bertz CT molecular complexity index is 2030. The molecule has 12 nitrogen and oxygen atoms in total. The number of nitrogens with zero attached hydrogens (tertiary/aromatic N) is 6. The van der Waals surface area contributed by atoms with E-state index in [1.54, 1.807) is 54.2 Å². The average Bonchev–Trinajstić information content (AvgIpc) is 3.50. The van der Waals surface area contributed by atoms with E-state index in [-0.39, 0.29) is 41.9 Å². The van der Waals surface area contributed by atoms with E-state index >= 15 is 0 Å². The quantitative estimate of drug-likeness (QED) is 0.130. The van der Waals surface area contributed by atoms with Crippen LogP contribution in [-0.2, 0) is 11.3 Å². The molecule has 0 spiro atoms. The largest absolute Gasteiger partial charge is 0.497 e. The molecule has 0 amide bonds. The summed E-state index contributed by atoms with van der Waals surface area (Å²) in [5.41, 5.74) is 3.05. The summed E-state index contributed by atoms with van der Waals surface area (Å²) in [6.45, 7) is 6.06. The van der Waals surface area contributed by atoms with E-state index in [1.807, 2.05) is 64.3 Å². The average molecular weight is 721 g/mol. The smallest absolute Gasteiger partial charge is 0.359 e. The number of carbonyl (C=O) groups is 1. The minimum atomic E-state index is -0.800. The summed E-state index contributed by atoms with van der Waals surface area (Å²) in [6.07, 6.45) is 3.18. The standard InChI is InChI=1S/C36H39Cl2N7O5/c1-8-50-35(47)31-29(32(21(2)3)45(42-31)28-18-39-36(43(4)5)41-33(28)49-7)30(23-11-13-24(37)14-12-23)40-27-17-25(38)20-44(34(27)46)19-22-9-15-26(48-6)16-10-22/h9-18,20-21,30,40H,8,19H2,1-7H3. The topological polar surface area (TPSA) is 126 Å². The lowest BCUT2D eigenvalue weighted by molar-refractivity contribution is 0.0517. The van der Waals surface area contributed by atoms with Crippen molar-refractivity contribution in [2.75, 3.05) is 45.1 Å². The highest BCUT2D eigenvalue weighted by Crippen LogP contribution is 2.38. The third-order valence-corrected chi connectivity index (χ3v) is 8.33. The number of ether oxygens (including phenoxy) is 3. The van der Waals surface area contributed by atoms with E-state index < -0.39 is 12.0 Å². The van der Waals surface area contributed by atoms with Gasteiger partial charge in [0.25, 0.3) is 5.56 Å². The minimum absolute atomic E-state index is 0.0438. The maximum Gasteiger partial charge on any atom is 0.359 e. The Morgan fingerprint density at radius 1 is 1.00 bits per heavy atom. The molecule has 1 N–H and O–H groups in total. The molecular weight excluding hydrogens is 681 g/mol. The molecule has 0 aliphatic rings. The molecule has 262 valence electrons. The van der Waals surface area contributed by atoms with Crippen LogP contribution in [0.2, 0.25) is 10.0 Å². The predicted molar refractivity (Wildman–Crippen MR) is 195 cm³/mol. The lowest BCUT2D eigenvalue weighted by Crippen LogP contribution is -2.27. The fraction of sp³-hybridized carbons (Fsp3) is 0.306. The third kappa shape index (κ3) is 7.71. The molecule has 0 aliphatic carbocycles. The number of aromatic nitrogens is 5. The van der Waals surface area contributed by atoms with Crippen LogP contribution in [0.25, 0.3) is 5.69 Å². The number of hydrogen-bond acceptors (Lipinski definition) is 10. The minimum Gasteiger partial charge on any atom is -0.497 e. The molecule has 3 aromatic heterocycles. The van der Waals surface area contributed by atoms with Crippen LogP contribution < -0.4 is 25.2 Å². The zero-order valence-electron chi connectivity index (χ0n) is 28.9. The maximum atomic E-state index is 14.1. The molecule has 50 heavy (non-hydrogen) atoms. The summed E-state index contributed by atoms with van der Waals surface area (Å²) >= 11 is 13.0. The molecule has 0 saturated carbocycles. The Morgan fingerprint density at radius 3 is 2.30 bits per heavy atom. The number of halogens is 2. The SMILES string of the molecule is CCOC(=O)c1nn(-c2cnc(N(C)C)nc2OC)c(C(C)C)c1C(Nc1cc(Cl)cn(Cc2ccc(OC)cc2)c1=O)c1ccc(Cl)cc1. The van der Waals surface area contributed by atoms with Crippen LogP contribution >= 0.6 is 23.2 Å². The molecule has 0 saturated heterocycles. The van der Waals surface area contributed by atoms with Gasteiger partial charge < -0.3 is 29.0 Å². The van der Waals surface area contributed by atoms with Crippen molar-refractivity contribution in [1.82, 2.24) is 24.3 Å². The molecule has 0 bridgehead atoms. The number of rotatable bonds is 13.